The molecule has 2 atom stereocenters. The number of carbonyl (C=O) groups excluding carboxylic acids is 2. The van der Waals surface area contributed by atoms with Crippen molar-refractivity contribution in [1.82, 2.24) is 10.2 Å². The molecule has 0 bridgehead atoms. The lowest BCUT2D eigenvalue weighted by Crippen LogP contribution is -2.46. The van der Waals surface area contributed by atoms with Crippen LogP contribution in [0.1, 0.15) is 12.0 Å². The monoisotopic (exact) mass is 336 g/mol. The first-order chi connectivity index (χ1) is 10.7. The highest BCUT2D eigenvalue weighted by Gasteiger charge is 2.36. The van der Waals surface area contributed by atoms with E-state index in [0.717, 1.165) is 24.6 Å². The molecule has 1 N–H and O–H groups in total. The molecular weight excluding hydrogens is 316 g/mol. The fourth-order valence-electron chi connectivity index (χ4n) is 2.65. The number of hydrogen-bond donors (Lipinski definition) is 1. The summed E-state index contributed by atoms with van der Waals surface area (Å²) in [5, 5.41) is 2.99. The molecule has 2 fully saturated rings. The van der Waals surface area contributed by atoms with E-state index in [0.29, 0.717) is 12.2 Å². The summed E-state index contributed by atoms with van der Waals surface area (Å²) in [6.45, 7) is 0.832. The summed E-state index contributed by atoms with van der Waals surface area (Å²) < 4.78 is 0. The third-order valence-corrected chi connectivity index (χ3v) is 6.16. The highest BCUT2D eigenvalue weighted by Crippen LogP contribution is 2.24. The van der Waals surface area contributed by atoms with Crippen molar-refractivity contribution < 1.29 is 9.59 Å². The predicted molar refractivity (Wildman–Crippen MR) is 92.0 cm³/mol. The van der Waals surface area contributed by atoms with Crippen LogP contribution in [0.25, 0.3) is 0 Å². The predicted octanol–water partition coefficient (Wildman–Crippen LogP) is 1.75. The quantitative estimate of drug-likeness (QED) is 0.888. The fourth-order valence-corrected chi connectivity index (χ4v) is 4.79. The van der Waals surface area contributed by atoms with Crippen LogP contribution in [0.5, 0.6) is 0 Å². The van der Waals surface area contributed by atoms with E-state index < -0.39 is 0 Å². The second kappa shape index (κ2) is 7.53. The molecule has 4 nitrogen and oxygen atoms in total. The van der Waals surface area contributed by atoms with E-state index in [-0.39, 0.29) is 23.1 Å². The molecule has 118 valence electrons. The Morgan fingerprint density at radius 3 is 2.82 bits per heavy atom. The van der Waals surface area contributed by atoms with Crippen molar-refractivity contribution >= 4 is 35.2 Å². The molecule has 2 heterocycles. The fraction of sp³-hybridized carbons (Fsp3) is 0.500. The highest BCUT2D eigenvalue weighted by molar-refractivity contribution is 8.01. The molecule has 2 aliphatic rings. The van der Waals surface area contributed by atoms with E-state index in [1.165, 1.54) is 5.56 Å². The summed E-state index contributed by atoms with van der Waals surface area (Å²) >= 11 is 3.35. The normalized spacial score (nSPS) is 24.6. The number of nitrogens with zero attached hydrogens (tertiary/aromatic N) is 1. The van der Waals surface area contributed by atoms with Crippen LogP contribution in [0, 0.1) is 0 Å². The van der Waals surface area contributed by atoms with Crippen molar-refractivity contribution in [2.75, 3.05) is 23.9 Å². The van der Waals surface area contributed by atoms with Gasteiger partial charge in [0.05, 0.1) is 11.9 Å². The molecule has 1 amide bonds. The first kappa shape index (κ1) is 15.9. The molecule has 22 heavy (non-hydrogen) atoms. The molecule has 0 spiro atoms. The average Bonchev–Trinajstić information content (AvgIpc) is 3.24. The van der Waals surface area contributed by atoms with Crippen LogP contribution in [-0.2, 0) is 16.0 Å². The van der Waals surface area contributed by atoms with Crippen molar-refractivity contribution in [3.8, 4) is 0 Å². The number of amides is 1. The van der Waals surface area contributed by atoms with Crippen LogP contribution < -0.4 is 5.32 Å². The van der Waals surface area contributed by atoms with Crippen LogP contribution in [0.2, 0.25) is 0 Å². The van der Waals surface area contributed by atoms with E-state index in [1.54, 1.807) is 23.5 Å². The molecule has 1 unspecified atom stereocenters. The molecule has 1 aromatic rings. The van der Waals surface area contributed by atoms with Crippen LogP contribution >= 0.6 is 23.5 Å². The van der Waals surface area contributed by atoms with E-state index in [2.05, 4.69) is 5.32 Å². The average molecular weight is 336 g/mol. The Balaban J connectivity index is 1.47. The highest BCUT2D eigenvalue weighted by atomic mass is 32.2. The number of thioether (sulfide) groups is 2. The number of carbonyl (C=O) groups is 2. The summed E-state index contributed by atoms with van der Waals surface area (Å²) in [5.41, 5.74) is 1.18. The van der Waals surface area contributed by atoms with Crippen molar-refractivity contribution in [3.05, 3.63) is 35.9 Å². The van der Waals surface area contributed by atoms with Crippen LogP contribution in [0.15, 0.2) is 30.3 Å². The maximum atomic E-state index is 12.3. The number of hydrogen-bond acceptors (Lipinski definition) is 5. The molecule has 0 aromatic heterocycles. The van der Waals surface area contributed by atoms with Gasteiger partial charge >= 0.3 is 0 Å². The van der Waals surface area contributed by atoms with Gasteiger partial charge in [-0.1, -0.05) is 30.3 Å². The molecule has 1 aromatic carbocycles. The molecule has 2 saturated heterocycles. The summed E-state index contributed by atoms with van der Waals surface area (Å²) in [7, 11) is 0. The topological polar surface area (TPSA) is 49.4 Å². The maximum absolute atomic E-state index is 12.3. The minimum absolute atomic E-state index is 0.149. The standard InChI is InChI=1S/C16H20N2O2S2/c19-14(7-6-12-4-2-1-3-5-12)15-17-13(10-22-15)16(20)18-8-9-21-11-18/h1-5,13,15,17H,6-11H2/t13?,15-/m1/s1. The molecule has 6 heteroatoms. The van der Waals surface area contributed by atoms with Gasteiger partial charge in [-0.15, -0.1) is 23.5 Å². The molecule has 0 aliphatic carbocycles. The Morgan fingerprint density at radius 2 is 2.09 bits per heavy atom. The van der Waals surface area contributed by atoms with Crippen LogP contribution in [0.4, 0.5) is 0 Å². The third-order valence-electron chi connectivity index (χ3n) is 3.94. The summed E-state index contributed by atoms with van der Waals surface area (Å²) in [5.74, 6) is 2.84. The van der Waals surface area contributed by atoms with E-state index in [4.69, 9.17) is 0 Å². The van der Waals surface area contributed by atoms with E-state index >= 15 is 0 Å². The minimum atomic E-state index is -0.229. The number of benzene rings is 1. The third kappa shape index (κ3) is 3.86. The summed E-state index contributed by atoms with van der Waals surface area (Å²) in [6.07, 6.45) is 1.29. The Morgan fingerprint density at radius 1 is 1.27 bits per heavy atom. The number of Topliss-reactive ketones (excluding diaryl/α,β-unsaturated/α-hetero) is 1. The Labute approximate surface area is 139 Å². The first-order valence-electron chi connectivity index (χ1n) is 7.55. The van der Waals surface area contributed by atoms with Gasteiger partial charge in [-0.05, 0) is 12.0 Å². The van der Waals surface area contributed by atoms with Gasteiger partial charge in [0.1, 0.15) is 5.37 Å². The smallest absolute Gasteiger partial charge is 0.241 e. The van der Waals surface area contributed by atoms with Crippen LogP contribution in [-0.4, -0.2) is 51.9 Å². The number of nitrogens with one attached hydrogen (secondary N) is 1. The zero-order valence-corrected chi connectivity index (χ0v) is 14.0. The van der Waals surface area contributed by atoms with Gasteiger partial charge in [-0.2, -0.15) is 0 Å². The molecule has 2 aliphatic heterocycles. The summed E-state index contributed by atoms with van der Waals surface area (Å²) in [4.78, 5) is 26.5. The number of ketones is 1. The minimum Gasteiger partial charge on any atom is -0.331 e. The van der Waals surface area contributed by atoms with E-state index in [1.807, 2.05) is 35.2 Å². The van der Waals surface area contributed by atoms with Gasteiger partial charge in [-0.25, -0.2) is 0 Å². The lowest BCUT2D eigenvalue weighted by molar-refractivity contribution is -0.131. The number of rotatable bonds is 5. The Hall–Kier alpha value is -0.980. The van der Waals surface area contributed by atoms with Crippen molar-refractivity contribution in [1.29, 1.82) is 0 Å². The van der Waals surface area contributed by atoms with Gasteiger partial charge in [0.15, 0.2) is 5.78 Å². The largest absolute Gasteiger partial charge is 0.331 e. The Kier molecular flexibility index (Phi) is 5.44. The van der Waals surface area contributed by atoms with Gasteiger partial charge in [0.25, 0.3) is 0 Å². The molecule has 0 saturated carbocycles. The molecular formula is C16H20N2O2S2. The Bertz CT molecular complexity index is 532. The first-order valence-corrected chi connectivity index (χ1v) is 9.75. The van der Waals surface area contributed by atoms with Crippen molar-refractivity contribution in [2.24, 2.45) is 0 Å². The molecule has 0 radical (unpaired) electrons. The van der Waals surface area contributed by atoms with Gasteiger partial charge < -0.3 is 4.90 Å². The molecule has 3 rings (SSSR count). The second-order valence-electron chi connectivity index (χ2n) is 5.52. The number of aryl methyl sites for hydroxylation is 1. The SMILES string of the molecule is O=C(CCc1ccccc1)[C@@H]1NC(C(=O)N2CCSC2)CS1. The van der Waals surface area contributed by atoms with Crippen molar-refractivity contribution in [3.63, 3.8) is 0 Å². The maximum Gasteiger partial charge on any atom is 0.241 e. The van der Waals surface area contributed by atoms with Crippen LogP contribution in [0.3, 0.4) is 0 Å². The van der Waals surface area contributed by atoms with E-state index in [9.17, 15) is 9.59 Å². The zero-order valence-electron chi connectivity index (χ0n) is 12.4. The lowest BCUT2D eigenvalue weighted by atomic mass is 10.1. The zero-order chi connectivity index (χ0) is 15.4. The lowest BCUT2D eigenvalue weighted by Gasteiger charge is -2.19. The van der Waals surface area contributed by atoms with Gasteiger partial charge in [0.2, 0.25) is 5.91 Å². The van der Waals surface area contributed by atoms with Gasteiger partial charge in [0, 0.05) is 24.5 Å². The second-order valence-corrected chi connectivity index (χ2v) is 7.74. The van der Waals surface area contributed by atoms with Crippen molar-refractivity contribution in [2.45, 2.75) is 24.3 Å². The summed E-state index contributed by atoms with van der Waals surface area (Å²) in [6, 6.07) is 9.84. The van der Waals surface area contributed by atoms with Gasteiger partial charge in [-0.3, -0.25) is 14.9 Å².